The summed E-state index contributed by atoms with van der Waals surface area (Å²) in [6.45, 7) is 0. The summed E-state index contributed by atoms with van der Waals surface area (Å²) in [5.41, 5.74) is 1.23. The van der Waals surface area contributed by atoms with Crippen LogP contribution in [0.4, 0.5) is 0 Å². The van der Waals surface area contributed by atoms with Crippen LogP contribution in [0.15, 0.2) is 30.3 Å². The molecule has 0 heterocycles. The van der Waals surface area contributed by atoms with Gasteiger partial charge in [-0.15, -0.1) is 0 Å². The molecule has 0 saturated carbocycles. The molecule has 0 aromatic heterocycles. The Labute approximate surface area is 87.6 Å². The third-order valence-electron chi connectivity index (χ3n) is 1.84. The number of aliphatic carboxylic acids is 1. The number of carboxylic acid groups (broad SMARTS) is 1. The Morgan fingerprint density at radius 3 is 2.33 bits per heavy atom. The summed E-state index contributed by atoms with van der Waals surface area (Å²) in [6.07, 6.45) is 3.18. The first-order chi connectivity index (χ1) is 7.09. The van der Waals surface area contributed by atoms with Crippen molar-refractivity contribution in [3.8, 4) is 0 Å². The predicted octanol–water partition coefficient (Wildman–Crippen LogP) is -0.146. The van der Waals surface area contributed by atoms with Crippen LogP contribution in [0.5, 0.6) is 0 Å². The van der Waals surface area contributed by atoms with Gasteiger partial charge in [0.2, 0.25) is 0 Å². The van der Waals surface area contributed by atoms with Gasteiger partial charge in [-0.1, -0.05) is 36.4 Å². The van der Waals surface area contributed by atoms with E-state index in [0.717, 1.165) is 5.56 Å². The van der Waals surface area contributed by atoms with Crippen molar-refractivity contribution in [2.24, 2.45) is 0 Å². The van der Waals surface area contributed by atoms with Crippen LogP contribution in [0.2, 0.25) is 0 Å². The van der Waals surface area contributed by atoms with Crippen molar-refractivity contribution in [3.63, 3.8) is 0 Å². The van der Waals surface area contributed by atoms with Gasteiger partial charge in [-0.3, -0.25) is 4.79 Å². The zero-order chi connectivity index (χ0) is 11.3. The lowest BCUT2D eigenvalue weighted by Crippen LogP contribution is -2.29. The van der Waals surface area contributed by atoms with E-state index in [4.69, 9.17) is 15.2 Å². The van der Waals surface area contributed by atoms with Gasteiger partial charge in [-0.25, -0.2) is 0 Å². The smallest absolute Gasteiger partial charge is 0.481 e. The summed E-state index contributed by atoms with van der Waals surface area (Å²) in [7, 11) is -1.47. The lowest BCUT2D eigenvalue weighted by atomic mass is 9.80. The van der Waals surface area contributed by atoms with Crippen molar-refractivity contribution < 1.29 is 19.9 Å². The van der Waals surface area contributed by atoms with E-state index < -0.39 is 13.1 Å². The van der Waals surface area contributed by atoms with Crippen molar-refractivity contribution in [3.05, 3.63) is 35.9 Å². The van der Waals surface area contributed by atoms with Crippen LogP contribution < -0.4 is 5.46 Å². The molecule has 0 aliphatic rings. The maximum atomic E-state index is 10.2. The van der Waals surface area contributed by atoms with Crippen LogP contribution >= 0.6 is 0 Å². The molecule has 3 N–H and O–H groups in total. The van der Waals surface area contributed by atoms with Crippen molar-refractivity contribution >= 4 is 24.6 Å². The molecule has 1 aromatic rings. The van der Waals surface area contributed by atoms with E-state index in [1.807, 2.05) is 0 Å². The zero-order valence-corrected chi connectivity index (χ0v) is 8.00. The molecule has 1 rings (SSSR count). The minimum atomic E-state index is -1.47. The molecule has 78 valence electrons. The van der Waals surface area contributed by atoms with Gasteiger partial charge in [0.15, 0.2) is 0 Å². The maximum Gasteiger partial charge on any atom is 0.488 e. The largest absolute Gasteiger partial charge is 0.488 e. The van der Waals surface area contributed by atoms with E-state index in [-0.39, 0.29) is 6.42 Å². The molecule has 0 bridgehead atoms. The number of hydrogen-bond donors (Lipinski definition) is 3. The van der Waals surface area contributed by atoms with E-state index >= 15 is 0 Å². The second-order valence-corrected chi connectivity index (χ2v) is 3.04. The van der Waals surface area contributed by atoms with Gasteiger partial charge in [0.05, 0.1) is 6.42 Å². The summed E-state index contributed by atoms with van der Waals surface area (Å²) >= 11 is 0. The van der Waals surface area contributed by atoms with Gasteiger partial charge in [-0.2, -0.15) is 0 Å². The van der Waals surface area contributed by atoms with Crippen LogP contribution in [0.3, 0.4) is 0 Å². The second kappa shape index (κ2) is 5.33. The second-order valence-electron chi connectivity index (χ2n) is 3.04. The summed E-state index contributed by atoms with van der Waals surface area (Å²) in [6, 6.07) is 6.52. The molecule has 0 atom stereocenters. The van der Waals surface area contributed by atoms with Crippen LogP contribution in [-0.4, -0.2) is 28.2 Å². The van der Waals surface area contributed by atoms with Gasteiger partial charge < -0.3 is 15.2 Å². The highest BCUT2D eigenvalue weighted by molar-refractivity contribution is 6.58. The fourth-order valence-corrected chi connectivity index (χ4v) is 1.08. The fraction of sp³-hybridized carbons (Fsp3) is 0.100. The van der Waals surface area contributed by atoms with Gasteiger partial charge >= 0.3 is 13.1 Å². The van der Waals surface area contributed by atoms with E-state index in [1.165, 1.54) is 6.08 Å². The minimum absolute atomic E-state index is 0.0234. The topological polar surface area (TPSA) is 77.8 Å². The average molecular weight is 206 g/mol. The molecule has 4 nitrogen and oxygen atoms in total. The van der Waals surface area contributed by atoms with Crippen molar-refractivity contribution in [2.75, 3.05) is 0 Å². The molecule has 0 spiro atoms. The van der Waals surface area contributed by atoms with E-state index in [2.05, 4.69) is 0 Å². The molecule has 0 radical (unpaired) electrons. The Morgan fingerprint density at radius 2 is 1.87 bits per heavy atom. The Hall–Kier alpha value is -1.59. The lowest BCUT2D eigenvalue weighted by molar-refractivity contribution is -0.135. The van der Waals surface area contributed by atoms with Crippen LogP contribution in [-0.2, 0) is 4.79 Å². The Balaban J connectivity index is 2.64. The first-order valence-corrected chi connectivity index (χ1v) is 4.44. The quantitative estimate of drug-likeness (QED) is 0.599. The molecule has 0 aliphatic carbocycles. The van der Waals surface area contributed by atoms with Crippen LogP contribution in [0.25, 0.3) is 6.08 Å². The Kier molecular flexibility index (Phi) is 4.09. The first-order valence-electron chi connectivity index (χ1n) is 4.44. The standard InChI is InChI=1S/C10H11BO4/c12-10(13)3-1-2-8-4-6-9(7-5-8)11(14)15/h1-2,4-7,14-15H,3H2,(H,12,13)/b2-1+. The van der Waals surface area contributed by atoms with E-state index in [0.29, 0.717) is 5.46 Å². The average Bonchev–Trinajstić information content (AvgIpc) is 2.18. The summed E-state index contributed by atoms with van der Waals surface area (Å²) in [4.78, 5) is 10.2. The molecule has 0 unspecified atom stereocenters. The predicted molar refractivity (Wildman–Crippen MR) is 57.6 cm³/mol. The molecule has 5 heteroatoms. The summed E-state index contributed by atoms with van der Waals surface area (Å²) < 4.78 is 0. The fourth-order valence-electron chi connectivity index (χ4n) is 1.08. The SMILES string of the molecule is O=C(O)C/C=C/c1ccc(B(O)O)cc1. The number of hydrogen-bond acceptors (Lipinski definition) is 3. The van der Waals surface area contributed by atoms with E-state index in [1.54, 1.807) is 30.3 Å². The molecule has 15 heavy (non-hydrogen) atoms. The molecule has 0 saturated heterocycles. The van der Waals surface area contributed by atoms with Crippen LogP contribution in [0, 0.1) is 0 Å². The third-order valence-corrected chi connectivity index (χ3v) is 1.84. The zero-order valence-electron chi connectivity index (χ0n) is 8.00. The Morgan fingerprint density at radius 1 is 1.27 bits per heavy atom. The third kappa shape index (κ3) is 3.97. The summed E-state index contributed by atoms with van der Waals surface area (Å²) in [5, 5.41) is 26.0. The van der Waals surface area contributed by atoms with Crippen molar-refractivity contribution in [1.82, 2.24) is 0 Å². The van der Waals surface area contributed by atoms with Crippen molar-refractivity contribution in [2.45, 2.75) is 6.42 Å². The van der Waals surface area contributed by atoms with Gasteiger partial charge in [-0.05, 0) is 11.0 Å². The van der Waals surface area contributed by atoms with Gasteiger partial charge in [0.1, 0.15) is 0 Å². The molecule has 0 amide bonds. The Bertz CT molecular complexity index is 356. The number of carboxylic acids is 1. The summed E-state index contributed by atoms with van der Waals surface area (Å²) in [5.74, 6) is -0.881. The monoisotopic (exact) mass is 206 g/mol. The van der Waals surface area contributed by atoms with Crippen molar-refractivity contribution in [1.29, 1.82) is 0 Å². The minimum Gasteiger partial charge on any atom is -0.481 e. The van der Waals surface area contributed by atoms with Gasteiger partial charge in [0.25, 0.3) is 0 Å². The molecule has 0 fully saturated rings. The molecular formula is C10H11BO4. The molecule has 0 aliphatic heterocycles. The normalized spacial score (nSPS) is 10.5. The molecule has 1 aromatic carbocycles. The number of benzene rings is 1. The number of rotatable bonds is 4. The lowest BCUT2D eigenvalue weighted by Gasteiger charge is -1.98. The first kappa shape index (κ1) is 11.5. The maximum absolute atomic E-state index is 10.2. The highest BCUT2D eigenvalue weighted by atomic mass is 16.4. The molecular weight excluding hydrogens is 195 g/mol. The highest BCUT2D eigenvalue weighted by Crippen LogP contribution is 2.01. The van der Waals surface area contributed by atoms with Gasteiger partial charge in [0, 0.05) is 0 Å². The van der Waals surface area contributed by atoms with E-state index in [9.17, 15) is 4.79 Å². The highest BCUT2D eigenvalue weighted by Gasteiger charge is 2.08. The van der Waals surface area contributed by atoms with Crippen LogP contribution in [0.1, 0.15) is 12.0 Å². The number of carbonyl (C=O) groups is 1.